The van der Waals surface area contributed by atoms with Crippen LogP contribution in [0.4, 0.5) is 0 Å². The fourth-order valence-corrected chi connectivity index (χ4v) is 5.37. The van der Waals surface area contributed by atoms with Gasteiger partial charge in [-0.3, -0.25) is 9.88 Å². The van der Waals surface area contributed by atoms with Crippen molar-refractivity contribution in [3.8, 4) is 0 Å². The van der Waals surface area contributed by atoms with Crippen LogP contribution in [0.15, 0.2) is 48.7 Å². The number of para-hydroxylation sites is 2. The summed E-state index contributed by atoms with van der Waals surface area (Å²) >= 11 is 0. The number of aryl methyl sites for hydroxylation is 1. The third-order valence-corrected chi connectivity index (χ3v) is 6.68. The van der Waals surface area contributed by atoms with E-state index in [0.29, 0.717) is 5.92 Å². The number of fused-ring (bicyclic) bond motifs is 2. The van der Waals surface area contributed by atoms with Crippen LogP contribution in [0, 0.1) is 11.8 Å². The Balaban J connectivity index is 1.39. The van der Waals surface area contributed by atoms with Crippen LogP contribution in [-0.2, 0) is 18.7 Å². The maximum atomic E-state index is 11.5. The van der Waals surface area contributed by atoms with E-state index in [1.807, 2.05) is 18.2 Å². The van der Waals surface area contributed by atoms with Crippen LogP contribution in [0.3, 0.4) is 0 Å². The molecule has 1 aliphatic carbocycles. The second-order valence-corrected chi connectivity index (χ2v) is 8.41. The summed E-state index contributed by atoms with van der Waals surface area (Å²) in [6, 6.07) is 14.3. The van der Waals surface area contributed by atoms with Gasteiger partial charge in [0, 0.05) is 31.7 Å². The van der Waals surface area contributed by atoms with Gasteiger partial charge in [-0.1, -0.05) is 25.1 Å². The Morgan fingerprint density at radius 1 is 1.14 bits per heavy atom. The van der Waals surface area contributed by atoms with E-state index in [1.54, 1.807) is 6.20 Å². The standard InChI is InChI=1S/C23H28N4O/c1-2-13-27-20-8-4-3-7-19(20)25-22(27)16-26-14-17-10-11-23(28,18(17)15-26)21-9-5-6-12-24-21/h3-9,12,17-18,28H,2,10-11,13-16H2,1H3/t17-,18+,23-/m0/s1. The summed E-state index contributed by atoms with van der Waals surface area (Å²) in [6.07, 6.45) is 4.78. The molecule has 2 aliphatic rings. The summed E-state index contributed by atoms with van der Waals surface area (Å²) < 4.78 is 2.37. The van der Waals surface area contributed by atoms with Crippen LogP contribution in [0.25, 0.3) is 11.0 Å². The van der Waals surface area contributed by atoms with Gasteiger partial charge in [0.05, 0.1) is 23.3 Å². The first kappa shape index (κ1) is 17.8. The number of aliphatic hydroxyl groups is 1. The lowest BCUT2D eigenvalue weighted by Gasteiger charge is -2.29. The molecule has 1 aromatic carbocycles. The van der Waals surface area contributed by atoms with Gasteiger partial charge in [0.1, 0.15) is 11.4 Å². The molecule has 5 nitrogen and oxygen atoms in total. The number of aromatic nitrogens is 3. The Morgan fingerprint density at radius 3 is 2.82 bits per heavy atom. The van der Waals surface area contributed by atoms with Crippen molar-refractivity contribution in [2.24, 2.45) is 11.8 Å². The molecule has 3 heterocycles. The summed E-state index contributed by atoms with van der Waals surface area (Å²) in [7, 11) is 0. The molecule has 1 N–H and O–H groups in total. The van der Waals surface area contributed by atoms with Gasteiger partial charge in [0.15, 0.2) is 0 Å². The fraction of sp³-hybridized carbons (Fsp3) is 0.478. The van der Waals surface area contributed by atoms with Crippen LogP contribution in [0.1, 0.15) is 37.7 Å². The average Bonchev–Trinajstić information content (AvgIpc) is 3.38. The molecule has 0 spiro atoms. The summed E-state index contributed by atoms with van der Waals surface area (Å²) in [5.41, 5.74) is 2.35. The third-order valence-electron chi connectivity index (χ3n) is 6.68. The Bertz CT molecular complexity index is 969. The van der Waals surface area contributed by atoms with Crippen molar-refractivity contribution in [2.75, 3.05) is 13.1 Å². The summed E-state index contributed by atoms with van der Waals surface area (Å²) in [4.78, 5) is 11.9. The average molecular weight is 377 g/mol. The van der Waals surface area contributed by atoms with Crippen molar-refractivity contribution in [3.05, 3.63) is 60.2 Å². The van der Waals surface area contributed by atoms with Crippen molar-refractivity contribution < 1.29 is 5.11 Å². The quantitative estimate of drug-likeness (QED) is 0.740. The molecule has 3 atom stereocenters. The van der Waals surface area contributed by atoms with Gasteiger partial charge in [0.2, 0.25) is 0 Å². The topological polar surface area (TPSA) is 54.2 Å². The maximum absolute atomic E-state index is 11.5. The lowest BCUT2D eigenvalue weighted by Crippen LogP contribution is -2.35. The molecule has 0 radical (unpaired) electrons. The highest BCUT2D eigenvalue weighted by Gasteiger charge is 2.53. The van der Waals surface area contributed by atoms with Crippen LogP contribution in [0.5, 0.6) is 0 Å². The highest BCUT2D eigenvalue weighted by Crippen LogP contribution is 2.50. The zero-order valence-electron chi connectivity index (χ0n) is 16.5. The largest absolute Gasteiger partial charge is 0.383 e. The van der Waals surface area contributed by atoms with E-state index in [-0.39, 0.29) is 5.92 Å². The van der Waals surface area contributed by atoms with E-state index >= 15 is 0 Å². The first-order chi connectivity index (χ1) is 13.7. The summed E-state index contributed by atoms with van der Waals surface area (Å²) in [5, 5.41) is 11.5. The predicted octanol–water partition coefficient (Wildman–Crippen LogP) is 3.57. The number of benzene rings is 1. The lowest BCUT2D eigenvalue weighted by atomic mass is 9.85. The normalized spacial score (nSPS) is 27.5. The molecule has 5 heteroatoms. The number of rotatable bonds is 5. The third kappa shape index (κ3) is 2.85. The number of nitrogens with zero attached hydrogens (tertiary/aromatic N) is 4. The monoisotopic (exact) mass is 376 g/mol. The molecule has 28 heavy (non-hydrogen) atoms. The molecule has 0 unspecified atom stereocenters. The van der Waals surface area contributed by atoms with E-state index < -0.39 is 5.60 Å². The second-order valence-electron chi connectivity index (χ2n) is 8.41. The minimum atomic E-state index is -0.787. The first-order valence-electron chi connectivity index (χ1n) is 10.5. The van der Waals surface area contributed by atoms with Crippen LogP contribution >= 0.6 is 0 Å². The van der Waals surface area contributed by atoms with E-state index in [0.717, 1.165) is 62.5 Å². The molecule has 5 rings (SSSR count). The minimum Gasteiger partial charge on any atom is -0.383 e. The molecule has 0 amide bonds. The smallest absolute Gasteiger partial charge is 0.124 e. The number of pyridine rings is 1. The van der Waals surface area contributed by atoms with Crippen molar-refractivity contribution in [3.63, 3.8) is 0 Å². The Kier molecular flexibility index (Phi) is 4.44. The summed E-state index contributed by atoms with van der Waals surface area (Å²) in [6.45, 7) is 6.00. The molecule has 1 saturated heterocycles. The number of likely N-dealkylation sites (tertiary alicyclic amines) is 1. The van der Waals surface area contributed by atoms with Gasteiger partial charge < -0.3 is 9.67 Å². The molecule has 2 aromatic heterocycles. The molecular formula is C23H28N4O. The van der Waals surface area contributed by atoms with E-state index in [1.165, 1.54) is 5.52 Å². The molecule has 1 aliphatic heterocycles. The van der Waals surface area contributed by atoms with E-state index in [2.05, 4.69) is 45.6 Å². The van der Waals surface area contributed by atoms with E-state index in [4.69, 9.17) is 4.98 Å². The van der Waals surface area contributed by atoms with Crippen molar-refractivity contribution in [1.82, 2.24) is 19.4 Å². The molecule has 146 valence electrons. The zero-order valence-corrected chi connectivity index (χ0v) is 16.5. The van der Waals surface area contributed by atoms with Gasteiger partial charge >= 0.3 is 0 Å². The van der Waals surface area contributed by atoms with Gasteiger partial charge in [-0.15, -0.1) is 0 Å². The SMILES string of the molecule is CCCn1c(CN2C[C@@H]3CC[C@@](O)(c4ccccn4)[C@@H]3C2)nc2ccccc21. The molecular weight excluding hydrogens is 348 g/mol. The minimum absolute atomic E-state index is 0.256. The number of hydrogen-bond donors (Lipinski definition) is 1. The second kappa shape index (κ2) is 6.98. The van der Waals surface area contributed by atoms with Gasteiger partial charge in [0.25, 0.3) is 0 Å². The number of imidazole rings is 1. The Hall–Kier alpha value is -2.24. The van der Waals surface area contributed by atoms with Gasteiger partial charge in [-0.2, -0.15) is 0 Å². The highest BCUT2D eigenvalue weighted by molar-refractivity contribution is 5.75. The maximum Gasteiger partial charge on any atom is 0.124 e. The molecule has 3 aromatic rings. The number of hydrogen-bond acceptors (Lipinski definition) is 4. The molecule has 1 saturated carbocycles. The summed E-state index contributed by atoms with van der Waals surface area (Å²) in [5.74, 6) is 1.94. The fourth-order valence-electron chi connectivity index (χ4n) is 5.37. The van der Waals surface area contributed by atoms with Gasteiger partial charge in [-0.25, -0.2) is 4.98 Å². The lowest BCUT2D eigenvalue weighted by molar-refractivity contribution is -0.0109. The molecule has 2 fully saturated rings. The van der Waals surface area contributed by atoms with Crippen molar-refractivity contribution in [1.29, 1.82) is 0 Å². The van der Waals surface area contributed by atoms with E-state index in [9.17, 15) is 5.11 Å². The Labute approximate surface area is 166 Å². The predicted molar refractivity (Wildman–Crippen MR) is 110 cm³/mol. The molecule has 0 bridgehead atoms. The van der Waals surface area contributed by atoms with Crippen LogP contribution < -0.4 is 0 Å². The van der Waals surface area contributed by atoms with Crippen molar-refractivity contribution >= 4 is 11.0 Å². The van der Waals surface area contributed by atoms with Crippen LogP contribution in [-0.4, -0.2) is 37.6 Å². The first-order valence-corrected chi connectivity index (χ1v) is 10.5. The van der Waals surface area contributed by atoms with Crippen LogP contribution in [0.2, 0.25) is 0 Å². The van der Waals surface area contributed by atoms with Gasteiger partial charge in [-0.05, 0) is 49.4 Å². The van der Waals surface area contributed by atoms with Crippen molar-refractivity contribution in [2.45, 2.75) is 44.9 Å². The Morgan fingerprint density at radius 2 is 2.00 bits per heavy atom. The zero-order chi connectivity index (χ0) is 19.1. The highest BCUT2D eigenvalue weighted by atomic mass is 16.3.